The molecule has 5 nitrogen and oxygen atoms in total. The van der Waals surface area contributed by atoms with Gasteiger partial charge < -0.3 is 0 Å². The number of rotatable bonds is 2. The van der Waals surface area contributed by atoms with E-state index in [0.29, 0.717) is 12.1 Å². The molecule has 1 aromatic carbocycles. The second-order valence-corrected chi connectivity index (χ2v) is 7.00. The Kier molecular flexibility index (Phi) is 3.64. The van der Waals surface area contributed by atoms with E-state index in [-0.39, 0.29) is 18.1 Å². The summed E-state index contributed by atoms with van der Waals surface area (Å²) in [4.78, 5) is 7.58. The van der Waals surface area contributed by atoms with Gasteiger partial charge in [-0.05, 0) is 30.2 Å². The average Bonchev–Trinajstić information content (AvgIpc) is 2.49. The number of benzene rings is 1. The average molecular weight is 328 g/mol. The molecule has 1 aliphatic heterocycles. The standard InChI is InChI=1S/C13H11ClFN3O2S/c14-10-1-2-11(15)13(5-10)21(19,20)18-4-3-9-6-16-8-17-12(9)7-18/h1-2,5-6,8H,3-4,7H2. The Morgan fingerprint density at radius 3 is 2.95 bits per heavy atom. The molecule has 0 aliphatic carbocycles. The Hall–Kier alpha value is -1.57. The van der Waals surface area contributed by atoms with Crippen molar-refractivity contribution in [3.05, 3.63) is 52.8 Å². The van der Waals surface area contributed by atoms with Gasteiger partial charge in [0.15, 0.2) is 0 Å². The molecule has 0 saturated heterocycles. The number of halogens is 2. The molecule has 2 aromatic rings. The Morgan fingerprint density at radius 2 is 2.14 bits per heavy atom. The lowest BCUT2D eigenvalue weighted by atomic mass is 10.1. The second kappa shape index (κ2) is 5.32. The summed E-state index contributed by atoms with van der Waals surface area (Å²) in [5, 5.41) is 0.176. The van der Waals surface area contributed by atoms with E-state index < -0.39 is 20.7 Å². The Balaban J connectivity index is 1.99. The van der Waals surface area contributed by atoms with E-state index in [4.69, 9.17) is 11.6 Å². The minimum atomic E-state index is -3.94. The van der Waals surface area contributed by atoms with Crippen molar-refractivity contribution in [3.63, 3.8) is 0 Å². The number of hydrogen-bond acceptors (Lipinski definition) is 4. The molecular weight excluding hydrogens is 317 g/mol. The number of sulfonamides is 1. The lowest BCUT2D eigenvalue weighted by Crippen LogP contribution is -2.36. The van der Waals surface area contributed by atoms with Crippen LogP contribution < -0.4 is 0 Å². The van der Waals surface area contributed by atoms with Gasteiger partial charge in [0.05, 0.1) is 12.2 Å². The van der Waals surface area contributed by atoms with Crippen LogP contribution in [0.1, 0.15) is 11.3 Å². The first-order valence-electron chi connectivity index (χ1n) is 6.21. The number of fused-ring (bicyclic) bond motifs is 1. The Labute approximate surface area is 126 Å². The van der Waals surface area contributed by atoms with Crippen LogP contribution in [-0.2, 0) is 23.0 Å². The van der Waals surface area contributed by atoms with E-state index in [1.54, 1.807) is 6.20 Å². The molecular formula is C13H11ClFN3O2S. The maximum absolute atomic E-state index is 13.8. The summed E-state index contributed by atoms with van der Waals surface area (Å²) < 4.78 is 40.1. The molecule has 21 heavy (non-hydrogen) atoms. The van der Waals surface area contributed by atoms with Crippen molar-refractivity contribution in [1.29, 1.82) is 0 Å². The molecule has 0 spiro atoms. The monoisotopic (exact) mass is 327 g/mol. The van der Waals surface area contributed by atoms with Crippen molar-refractivity contribution in [1.82, 2.24) is 14.3 Å². The maximum atomic E-state index is 13.8. The number of hydrogen-bond donors (Lipinski definition) is 0. The molecule has 0 N–H and O–H groups in total. The van der Waals surface area contributed by atoms with Crippen LogP contribution in [0.5, 0.6) is 0 Å². The third kappa shape index (κ3) is 2.64. The normalized spacial score (nSPS) is 15.7. The fourth-order valence-electron chi connectivity index (χ4n) is 2.25. The molecule has 0 radical (unpaired) electrons. The quantitative estimate of drug-likeness (QED) is 0.846. The maximum Gasteiger partial charge on any atom is 0.246 e. The zero-order valence-corrected chi connectivity index (χ0v) is 12.4. The van der Waals surface area contributed by atoms with Gasteiger partial charge in [-0.25, -0.2) is 22.8 Å². The summed E-state index contributed by atoms with van der Waals surface area (Å²) in [6, 6.07) is 3.49. The third-order valence-electron chi connectivity index (χ3n) is 3.35. The van der Waals surface area contributed by atoms with Crippen molar-refractivity contribution in [2.24, 2.45) is 0 Å². The summed E-state index contributed by atoms with van der Waals surface area (Å²) in [5.41, 5.74) is 1.55. The zero-order chi connectivity index (χ0) is 15.0. The van der Waals surface area contributed by atoms with Crippen molar-refractivity contribution in [2.75, 3.05) is 6.54 Å². The van der Waals surface area contributed by atoms with Crippen LogP contribution in [0.4, 0.5) is 4.39 Å². The van der Waals surface area contributed by atoms with Crippen LogP contribution in [0.3, 0.4) is 0 Å². The van der Waals surface area contributed by atoms with Gasteiger partial charge in [0.1, 0.15) is 17.0 Å². The van der Waals surface area contributed by atoms with Gasteiger partial charge in [-0.3, -0.25) is 0 Å². The van der Waals surface area contributed by atoms with E-state index >= 15 is 0 Å². The molecule has 0 saturated carbocycles. The highest BCUT2D eigenvalue weighted by Crippen LogP contribution is 2.26. The van der Waals surface area contributed by atoms with Crippen LogP contribution in [0.25, 0.3) is 0 Å². The Bertz CT molecular complexity index is 798. The van der Waals surface area contributed by atoms with Crippen molar-refractivity contribution in [2.45, 2.75) is 17.9 Å². The minimum Gasteiger partial charge on any atom is -0.245 e. The molecule has 110 valence electrons. The van der Waals surface area contributed by atoms with Crippen molar-refractivity contribution < 1.29 is 12.8 Å². The highest BCUT2D eigenvalue weighted by Gasteiger charge is 2.31. The summed E-state index contributed by atoms with van der Waals surface area (Å²) >= 11 is 5.77. The zero-order valence-electron chi connectivity index (χ0n) is 10.8. The lowest BCUT2D eigenvalue weighted by Gasteiger charge is -2.27. The molecule has 0 unspecified atom stereocenters. The van der Waals surface area contributed by atoms with E-state index in [9.17, 15) is 12.8 Å². The molecule has 1 aromatic heterocycles. The fourth-order valence-corrected chi connectivity index (χ4v) is 3.97. The van der Waals surface area contributed by atoms with Crippen LogP contribution in [0, 0.1) is 5.82 Å². The minimum absolute atomic E-state index is 0.103. The molecule has 3 rings (SSSR count). The highest BCUT2D eigenvalue weighted by atomic mass is 35.5. The van der Waals surface area contributed by atoms with E-state index in [1.165, 1.54) is 16.7 Å². The number of aromatic nitrogens is 2. The van der Waals surface area contributed by atoms with Gasteiger partial charge in [-0.1, -0.05) is 11.6 Å². The lowest BCUT2D eigenvalue weighted by molar-refractivity contribution is 0.382. The summed E-state index contributed by atoms with van der Waals surface area (Å²) in [6.07, 6.45) is 3.54. The summed E-state index contributed by atoms with van der Waals surface area (Å²) in [7, 11) is -3.94. The fraction of sp³-hybridized carbons (Fsp3) is 0.231. The van der Waals surface area contributed by atoms with Crippen molar-refractivity contribution in [3.8, 4) is 0 Å². The van der Waals surface area contributed by atoms with Crippen LogP contribution in [-0.4, -0.2) is 29.2 Å². The molecule has 0 fully saturated rings. The highest BCUT2D eigenvalue weighted by molar-refractivity contribution is 7.89. The van der Waals surface area contributed by atoms with Gasteiger partial charge in [-0.2, -0.15) is 4.31 Å². The first-order valence-corrected chi connectivity index (χ1v) is 8.03. The Morgan fingerprint density at radius 1 is 1.33 bits per heavy atom. The first kappa shape index (κ1) is 14.4. The van der Waals surface area contributed by atoms with Gasteiger partial charge >= 0.3 is 0 Å². The van der Waals surface area contributed by atoms with Gasteiger partial charge in [0.25, 0.3) is 0 Å². The van der Waals surface area contributed by atoms with E-state index in [0.717, 1.165) is 17.7 Å². The van der Waals surface area contributed by atoms with Crippen LogP contribution >= 0.6 is 11.6 Å². The van der Waals surface area contributed by atoms with Gasteiger partial charge in [0.2, 0.25) is 10.0 Å². The molecule has 8 heteroatoms. The van der Waals surface area contributed by atoms with Gasteiger partial charge in [0, 0.05) is 17.8 Å². The molecule has 1 aliphatic rings. The van der Waals surface area contributed by atoms with Gasteiger partial charge in [-0.15, -0.1) is 0 Å². The van der Waals surface area contributed by atoms with Crippen LogP contribution in [0.15, 0.2) is 35.6 Å². The van der Waals surface area contributed by atoms with E-state index in [2.05, 4.69) is 9.97 Å². The summed E-state index contributed by atoms with van der Waals surface area (Å²) in [5.74, 6) is -0.812. The molecule has 0 bridgehead atoms. The largest absolute Gasteiger partial charge is 0.246 e. The topological polar surface area (TPSA) is 63.2 Å². The van der Waals surface area contributed by atoms with Crippen molar-refractivity contribution >= 4 is 21.6 Å². The second-order valence-electron chi connectivity index (χ2n) is 4.66. The molecule has 2 heterocycles. The first-order chi connectivity index (χ1) is 9.98. The smallest absolute Gasteiger partial charge is 0.245 e. The predicted molar refractivity (Wildman–Crippen MR) is 74.7 cm³/mol. The van der Waals surface area contributed by atoms with E-state index in [1.807, 2.05) is 0 Å². The molecule has 0 amide bonds. The molecule has 0 atom stereocenters. The summed E-state index contributed by atoms with van der Waals surface area (Å²) in [6.45, 7) is 0.362. The van der Waals surface area contributed by atoms with Crippen LogP contribution in [0.2, 0.25) is 5.02 Å². The number of nitrogens with zero attached hydrogens (tertiary/aromatic N) is 3. The third-order valence-corrected chi connectivity index (χ3v) is 5.44. The predicted octanol–water partition coefficient (Wildman–Crippen LogP) is 2.02. The SMILES string of the molecule is O=S(=O)(c1cc(Cl)ccc1F)N1CCc2cncnc2C1.